The molecule has 0 radical (unpaired) electrons. The maximum atomic E-state index is 10.2. The first kappa shape index (κ1) is 17.9. The van der Waals surface area contributed by atoms with Crippen molar-refractivity contribution >= 4 is 0 Å². The van der Waals surface area contributed by atoms with Crippen molar-refractivity contribution in [3.05, 3.63) is 65.7 Å². The summed E-state index contributed by atoms with van der Waals surface area (Å²) in [4.78, 5) is 4.80. The van der Waals surface area contributed by atoms with Gasteiger partial charge in [0.15, 0.2) is 0 Å². The Bertz CT molecular complexity index is 622. The molecule has 0 bridgehead atoms. The van der Waals surface area contributed by atoms with E-state index in [1.54, 1.807) is 0 Å². The number of piperazine rings is 1. The van der Waals surface area contributed by atoms with Crippen LogP contribution < -0.4 is 4.74 Å². The monoisotopic (exact) mass is 340 g/mol. The molecule has 0 amide bonds. The van der Waals surface area contributed by atoms with E-state index >= 15 is 0 Å². The quantitative estimate of drug-likeness (QED) is 0.840. The van der Waals surface area contributed by atoms with Crippen molar-refractivity contribution in [3.63, 3.8) is 0 Å². The zero-order valence-corrected chi connectivity index (χ0v) is 15.0. The van der Waals surface area contributed by atoms with Crippen molar-refractivity contribution in [2.75, 3.05) is 39.3 Å². The number of benzene rings is 2. The molecule has 2 aromatic carbocycles. The Morgan fingerprint density at radius 1 is 0.920 bits per heavy atom. The fraction of sp³-hybridized carbons (Fsp3) is 0.429. The molecule has 0 saturated carbocycles. The van der Waals surface area contributed by atoms with Crippen LogP contribution in [0.3, 0.4) is 0 Å². The number of aryl methyl sites for hydroxylation is 1. The first-order chi connectivity index (χ1) is 12.2. The number of ether oxygens (including phenoxy) is 1. The minimum atomic E-state index is -0.457. The predicted molar refractivity (Wildman–Crippen MR) is 101 cm³/mol. The van der Waals surface area contributed by atoms with Crippen LogP contribution in [0.4, 0.5) is 0 Å². The maximum Gasteiger partial charge on any atom is 0.119 e. The first-order valence-corrected chi connectivity index (χ1v) is 9.05. The number of rotatable bonds is 7. The van der Waals surface area contributed by atoms with Crippen molar-refractivity contribution < 1.29 is 9.84 Å². The standard InChI is InChI=1S/C21H28N2O2/c1-18-7-9-21(10-8-18)25-17-20(24)16-23-13-11-22(12-14-23)15-19-5-3-2-4-6-19/h2-10,20,24H,11-17H2,1H3. The highest BCUT2D eigenvalue weighted by Gasteiger charge is 2.19. The van der Waals surface area contributed by atoms with Gasteiger partial charge in [-0.05, 0) is 24.6 Å². The molecule has 4 heteroatoms. The van der Waals surface area contributed by atoms with Crippen LogP contribution in [-0.2, 0) is 6.54 Å². The van der Waals surface area contributed by atoms with E-state index in [-0.39, 0.29) is 0 Å². The normalized spacial score (nSPS) is 17.4. The largest absolute Gasteiger partial charge is 0.491 e. The lowest BCUT2D eigenvalue weighted by atomic mass is 10.2. The zero-order valence-electron chi connectivity index (χ0n) is 15.0. The van der Waals surface area contributed by atoms with Crippen LogP contribution in [0.25, 0.3) is 0 Å². The summed E-state index contributed by atoms with van der Waals surface area (Å²) < 4.78 is 5.68. The number of hydrogen-bond acceptors (Lipinski definition) is 4. The van der Waals surface area contributed by atoms with E-state index in [0.29, 0.717) is 13.2 Å². The molecular weight excluding hydrogens is 312 g/mol. The molecule has 1 heterocycles. The van der Waals surface area contributed by atoms with Crippen LogP contribution >= 0.6 is 0 Å². The van der Waals surface area contributed by atoms with E-state index < -0.39 is 6.10 Å². The fourth-order valence-electron chi connectivity index (χ4n) is 3.15. The molecule has 2 aromatic rings. The molecule has 1 saturated heterocycles. The van der Waals surface area contributed by atoms with Crippen molar-refractivity contribution in [2.45, 2.75) is 19.6 Å². The fourth-order valence-corrected chi connectivity index (χ4v) is 3.15. The Labute approximate surface area is 150 Å². The summed E-state index contributed by atoms with van der Waals surface area (Å²) >= 11 is 0. The molecule has 1 aliphatic heterocycles. The minimum Gasteiger partial charge on any atom is -0.491 e. The van der Waals surface area contributed by atoms with Gasteiger partial charge in [0.2, 0.25) is 0 Å². The molecule has 4 nitrogen and oxygen atoms in total. The van der Waals surface area contributed by atoms with Gasteiger partial charge in [0, 0.05) is 39.3 Å². The third-order valence-electron chi connectivity index (χ3n) is 4.65. The molecule has 1 unspecified atom stereocenters. The highest BCUT2D eigenvalue weighted by atomic mass is 16.5. The van der Waals surface area contributed by atoms with Crippen LogP contribution in [-0.4, -0.2) is 60.3 Å². The second-order valence-corrected chi connectivity index (χ2v) is 6.84. The molecule has 1 aliphatic rings. The number of β-amino-alcohol motifs (C(OH)–C–C–N with tert-alkyl or cyclic N) is 1. The van der Waals surface area contributed by atoms with E-state index in [0.717, 1.165) is 38.5 Å². The van der Waals surface area contributed by atoms with Crippen LogP contribution in [0.2, 0.25) is 0 Å². The van der Waals surface area contributed by atoms with Gasteiger partial charge in [-0.2, -0.15) is 0 Å². The molecule has 3 rings (SSSR count). The molecule has 25 heavy (non-hydrogen) atoms. The van der Waals surface area contributed by atoms with E-state index in [1.807, 2.05) is 24.3 Å². The number of nitrogens with zero attached hydrogens (tertiary/aromatic N) is 2. The first-order valence-electron chi connectivity index (χ1n) is 9.05. The van der Waals surface area contributed by atoms with Gasteiger partial charge in [-0.3, -0.25) is 9.80 Å². The molecule has 0 spiro atoms. The zero-order chi connectivity index (χ0) is 17.5. The van der Waals surface area contributed by atoms with Gasteiger partial charge in [0.1, 0.15) is 18.5 Å². The Morgan fingerprint density at radius 3 is 2.24 bits per heavy atom. The van der Waals surface area contributed by atoms with Crippen molar-refractivity contribution in [1.82, 2.24) is 9.80 Å². The summed E-state index contributed by atoms with van der Waals surface area (Å²) in [6.07, 6.45) is -0.457. The molecule has 1 N–H and O–H groups in total. The van der Waals surface area contributed by atoms with Gasteiger partial charge >= 0.3 is 0 Å². The maximum absolute atomic E-state index is 10.2. The van der Waals surface area contributed by atoms with Gasteiger partial charge in [-0.25, -0.2) is 0 Å². The molecule has 1 fully saturated rings. The van der Waals surface area contributed by atoms with Gasteiger partial charge in [0.25, 0.3) is 0 Å². The Morgan fingerprint density at radius 2 is 1.56 bits per heavy atom. The third kappa shape index (κ3) is 5.85. The Balaban J connectivity index is 1.36. The molecule has 134 valence electrons. The second-order valence-electron chi connectivity index (χ2n) is 6.84. The third-order valence-corrected chi connectivity index (χ3v) is 4.65. The Hall–Kier alpha value is -1.88. The number of aliphatic hydroxyl groups is 1. The summed E-state index contributed by atoms with van der Waals surface area (Å²) in [5, 5.41) is 10.2. The van der Waals surface area contributed by atoms with Crippen molar-refractivity contribution in [1.29, 1.82) is 0 Å². The predicted octanol–water partition coefficient (Wildman–Crippen LogP) is 2.55. The SMILES string of the molecule is Cc1ccc(OCC(O)CN2CCN(Cc3ccccc3)CC2)cc1. The lowest BCUT2D eigenvalue weighted by Gasteiger charge is -2.35. The smallest absolute Gasteiger partial charge is 0.119 e. The summed E-state index contributed by atoms with van der Waals surface area (Å²) in [5.74, 6) is 0.817. The lowest BCUT2D eigenvalue weighted by molar-refractivity contribution is 0.0446. The van der Waals surface area contributed by atoms with Gasteiger partial charge in [0.05, 0.1) is 0 Å². The van der Waals surface area contributed by atoms with Gasteiger partial charge < -0.3 is 9.84 Å². The summed E-state index contributed by atoms with van der Waals surface area (Å²) in [5.41, 5.74) is 2.57. The average molecular weight is 340 g/mol. The highest BCUT2D eigenvalue weighted by molar-refractivity contribution is 5.26. The average Bonchev–Trinajstić information content (AvgIpc) is 2.64. The summed E-state index contributed by atoms with van der Waals surface area (Å²) in [6.45, 7) is 8.14. The van der Waals surface area contributed by atoms with Gasteiger partial charge in [-0.15, -0.1) is 0 Å². The number of aliphatic hydroxyl groups excluding tert-OH is 1. The van der Waals surface area contributed by atoms with Gasteiger partial charge in [-0.1, -0.05) is 48.0 Å². The lowest BCUT2D eigenvalue weighted by Crippen LogP contribution is -2.48. The van der Waals surface area contributed by atoms with Crippen molar-refractivity contribution in [3.8, 4) is 5.75 Å². The molecule has 0 aliphatic carbocycles. The summed E-state index contributed by atoms with van der Waals surface area (Å²) in [6, 6.07) is 18.5. The van der Waals surface area contributed by atoms with Crippen molar-refractivity contribution in [2.24, 2.45) is 0 Å². The molecular formula is C21H28N2O2. The Kier molecular flexibility index (Phi) is 6.45. The van der Waals surface area contributed by atoms with Crippen LogP contribution in [0.15, 0.2) is 54.6 Å². The topological polar surface area (TPSA) is 35.9 Å². The molecule has 1 atom stereocenters. The summed E-state index contributed by atoms with van der Waals surface area (Å²) in [7, 11) is 0. The molecule has 0 aromatic heterocycles. The van der Waals surface area contributed by atoms with Crippen LogP contribution in [0.5, 0.6) is 5.75 Å². The minimum absolute atomic E-state index is 0.341. The van der Waals surface area contributed by atoms with E-state index in [4.69, 9.17) is 4.74 Å². The van der Waals surface area contributed by atoms with Crippen LogP contribution in [0, 0.1) is 6.92 Å². The van der Waals surface area contributed by atoms with E-state index in [2.05, 4.69) is 47.1 Å². The van der Waals surface area contributed by atoms with Crippen LogP contribution in [0.1, 0.15) is 11.1 Å². The number of hydrogen-bond donors (Lipinski definition) is 1. The second kappa shape index (κ2) is 8.99. The van der Waals surface area contributed by atoms with E-state index in [1.165, 1.54) is 11.1 Å². The van der Waals surface area contributed by atoms with E-state index in [9.17, 15) is 5.11 Å². The highest BCUT2D eigenvalue weighted by Crippen LogP contribution is 2.12.